The summed E-state index contributed by atoms with van der Waals surface area (Å²) in [7, 11) is 0. The van der Waals surface area contributed by atoms with Crippen LogP contribution < -0.4 is 4.74 Å². The molecule has 6 nitrogen and oxygen atoms in total. The van der Waals surface area contributed by atoms with Gasteiger partial charge < -0.3 is 19.3 Å². The zero-order valence-corrected chi connectivity index (χ0v) is 19.2. The van der Waals surface area contributed by atoms with Gasteiger partial charge in [-0.1, -0.05) is 49.7 Å². The van der Waals surface area contributed by atoms with Gasteiger partial charge in [-0.25, -0.2) is 0 Å². The van der Waals surface area contributed by atoms with Gasteiger partial charge in [0, 0.05) is 25.6 Å². The van der Waals surface area contributed by atoms with Crippen LogP contribution in [0, 0.1) is 12.8 Å². The van der Waals surface area contributed by atoms with Gasteiger partial charge in [0.15, 0.2) is 6.61 Å². The quantitative estimate of drug-likeness (QED) is 0.721. The third kappa shape index (κ3) is 4.80. The molecular weight excluding hydrogens is 404 g/mol. The van der Waals surface area contributed by atoms with Gasteiger partial charge in [0.2, 0.25) is 5.91 Å². The van der Waals surface area contributed by atoms with Gasteiger partial charge >= 0.3 is 0 Å². The third-order valence-corrected chi connectivity index (χ3v) is 6.24. The zero-order valence-electron chi connectivity index (χ0n) is 19.2. The molecular formula is C26H32N2O4. The lowest BCUT2D eigenvalue weighted by Crippen LogP contribution is -2.43. The number of nitrogens with zero attached hydrogens (tertiary/aromatic N) is 2. The van der Waals surface area contributed by atoms with Crippen molar-refractivity contribution in [3.05, 3.63) is 64.7 Å². The molecule has 1 fully saturated rings. The van der Waals surface area contributed by atoms with Crippen LogP contribution in [0.3, 0.4) is 0 Å². The first-order valence-corrected chi connectivity index (χ1v) is 11.4. The average Bonchev–Trinajstić information content (AvgIpc) is 2.82. The Morgan fingerprint density at radius 1 is 1.06 bits per heavy atom. The first-order valence-electron chi connectivity index (χ1n) is 11.4. The molecule has 0 saturated carbocycles. The van der Waals surface area contributed by atoms with Crippen molar-refractivity contribution in [1.82, 2.24) is 9.80 Å². The van der Waals surface area contributed by atoms with Crippen LogP contribution in [0.2, 0.25) is 0 Å². The van der Waals surface area contributed by atoms with Crippen molar-refractivity contribution in [3.8, 4) is 5.75 Å². The Kier molecular flexibility index (Phi) is 6.80. The van der Waals surface area contributed by atoms with Crippen LogP contribution >= 0.6 is 0 Å². The maximum absolute atomic E-state index is 13.1. The number of morpholine rings is 1. The monoisotopic (exact) mass is 436 g/mol. The minimum Gasteiger partial charge on any atom is -0.484 e. The van der Waals surface area contributed by atoms with E-state index < -0.39 is 0 Å². The molecule has 2 amide bonds. The van der Waals surface area contributed by atoms with Crippen molar-refractivity contribution >= 4 is 11.8 Å². The number of amides is 2. The van der Waals surface area contributed by atoms with Gasteiger partial charge in [-0.2, -0.15) is 0 Å². The predicted octanol–water partition coefficient (Wildman–Crippen LogP) is 3.36. The van der Waals surface area contributed by atoms with E-state index in [9.17, 15) is 9.59 Å². The lowest BCUT2D eigenvalue weighted by molar-refractivity contribution is -0.137. The summed E-state index contributed by atoms with van der Waals surface area (Å²) >= 11 is 0. The molecule has 2 heterocycles. The molecule has 1 unspecified atom stereocenters. The van der Waals surface area contributed by atoms with Crippen molar-refractivity contribution in [2.24, 2.45) is 5.92 Å². The number of carbonyl (C=O) groups is 2. The first-order chi connectivity index (χ1) is 15.4. The Bertz CT molecular complexity index is 964. The van der Waals surface area contributed by atoms with Crippen LogP contribution in [-0.4, -0.2) is 61.1 Å². The number of carbonyl (C=O) groups excluding carboxylic acids is 2. The fourth-order valence-electron chi connectivity index (χ4n) is 4.41. The summed E-state index contributed by atoms with van der Waals surface area (Å²) in [5.41, 5.74) is 4.57. The van der Waals surface area contributed by atoms with Crippen molar-refractivity contribution in [1.29, 1.82) is 0 Å². The van der Waals surface area contributed by atoms with Crippen molar-refractivity contribution < 1.29 is 19.1 Å². The molecule has 2 aromatic rings. The summed E-state index contributed by atoms with van der Waals surface area (Å²) in [6.45, 7) is 9.00. The van der Waals surface area contributed by atoms with E-state index in [0.29, 0.717) is 38.6 Å². The molecule has 2 aliphatic rings. The molecule has 0 bridgehead atoms. The van der Waals surface area contributed by atoms with Crippen molar-refractivity contribution in [2.45, 2.75) is 33.2 Å². The largest absolute Gasteiger partial charge is 0.484 e. The van der Waals surface area contributed by atoms with E-state index in [2.05, 4.69) is 37.3 Å². The minimum atomic E-state index is -0.159. The lowest BCUT2D eigenvalue weighted by Gasteiger charge is -2.39. The molecule has 0 aromatic heterocycles. The number of hydrogen-bond acceptors (Lipinski definition) is 4. The van der Waals surface area contributed by atoms with Gasteiger partial charge in [0.1, 0.15) is 5.75 Å². The second-order valence-electron chi connectivity index (χ2n) is 8.89. The molecule has 32 heavy (non-hydrogen) atoms. The molecule has 6 heteroatoms. The van der Waals surface area contributed by atoms with Gasteiger partial charge in [-0.15, -0.1) is 0 Å². The highest BCUT2D eigenvalue weighted by Crippen LogP contribution is 2.38. The second-order valence-corrected chi connectivity index (χ2v) is 8.89. The Morgan fingerprint density at radius 2 is 1.78 bits per heavy atom. The molecule has 2 aliphatic heterocycles. The molecule has 4 rings (SSSR count). The highest BCUT2D eigenvalue weighted by molar-refractivity contribution is 5.80. The van der Waals surface area contributed by atoms with Crippen LogP contribution in [0.5, 0.6) is 5.75 Å². The highest BCUT2D eigenvalue weighted by Gasteiger charge is 2.33. The molecule has 1 saturated heterocycles. The predicted molar refractivity (Wildman–Crippen MR) is 123 cm³/mol. The number of ether oxygens (including phenoxy) is 2. The van der Waals surface area contributed by atoms with Crippen LogP contribution in [0.1, 0.15) is 42.1 Å². The van der Waals surface area contributed by atoms with E-state index in [0.717, 1.165) is 17.5 Å². The SMILES string of the molecule is Cc1ccc(C2c3cc(OCC(=O)N4CCOCC4)ccc3CCN2C(=O)C(C)C)cc1. The van der Waals surface area contributed by atoms with E-state index >= 15 is 0 Å². The molecule has 2 aromatic carbocycles. The topological polar surface area (TPSA) is 59.1 Å². The maximum Gasteiger partial charge on any atom is 0.260 e. The molecule has 1 atom stereocenters. The number of fused-ring (bicyclic) bond motifs is 1. The first kappa shape index (κ1) is 22.3. The van der Waals surface area contributed by atoms with E-state index in [4.69, 9.17) is 9.47 Å². The minimum absolute atomic E-state index is 0.00260. The lowest BCUT2D eigenvalue weighted by atomic mass is 9.87. The molecule has 0 radical (unpaired) electrons. The summed E-state index contributed by atoms with van der Waals surface area (Å²) in [5, 5.41) is 0. The maximum atomic E-state index is 13.1. The second kappa shape index (κ2) is 9.74. The smallest absolute Gasteiger partial charge is 0.260 e. The Morgan fingerprint density at radius 3 is 2.47 bits per heavy atom. The fourth-order valence-corrected chi connectivity index (χ4v) is 4.41. The van der Waals surface area contributed by atoms with Gasteiger partial charge in [-0.3, -0.25) is 9.59 Å². The standard InChI is InChI=1S/C26H32N2O4/c1-18(2)26(30)28-11-10-20-8-9-22(32-17-24(29)27-12-14-31-15-13-27)16-23(20)25(28)21-6-4-19(3)5-7-21/h4-9,16,18,25H,10-15,17H2,1-3H3. The number of benzene rings is 2. The van der Waals surface area contributed by atoms with Gasteiger partial charge in [0.05, 0.1) is 19.3 Å². The number of rotatable bonds is 5. The van der Waals surface area contributed by atoms with Crippen LogP contribution in [0.15, 0.2) is 42.5 Å². The molecule has 170 valence electrons. The zero-order chi connectivity index (χ0) is 22.7. The highest BCUT2D eigenvalue weighted by atomic mass is 16.5. The summed E-state index contributed by atoms with van der Waals surface area (Å²) in [4.78, 5) is 29.3. The number of aryl methyl sites for hydroxylation is 1. The number of hydrogen-bond donors (Lipinski definition) is 0. The van der Waals surface area contributed by atoms with E-state index in [-0.39, 0.29) is 30.4 Å². The average molecular weight is 437 g/mol. The van der Waals surface area contributed by atoms with Crippen molar-refractivity contribution in [3.63, 3.8) is 0 Å². The van der Waals surface area contributed by atoms with Crippen LogP contribution in [-0.2, 0) is 20.7 Å². The summed E-state index contributed by atoms with van der Waals surface area (Å²) in [6.07, 6.45) is 0.809. The summed E-state index contributed by atoms with van der Waals surface area (Å²) in [6, 6.07) is 14.2. The van der Waals surface area contributed by atoms with E-state index in [1.165, 1.54) is 11.1 Å². The van der Waals surface area contributed by atoms with E-state index in [1.54, 1.807) is 4.90 Å². The summed E-state index contributed by atoms with van der Waals surface area (Å²) in [5.74, 6) is 0.698. The molecule has 0 spiro atoms. The Hall–Kier alpha value is -2.86. The van der Waals surface area contributed by atoms with Gasteiger partial charge in [-0.05, 0) is 42.2 Å². The van der Waals surface area contributed by atoms with Crippen LogP contribution in [0.4, 0.5) is 0 Å². The Balaban J connectivity index is 1.60. The summed E-state index contributed by atoms with van der Waals surface area (Å²) < 4.78 is 11.2. The third-order valence-electron chi connectivity index (χ3n) is 6.24. The molecule has 0 N–H and O–H groups in total. The van der Waals surface area contributed by atoms with Crippen molar-refractivity contribution in [2.75, 3.05) is 39.5 Å². The Labute approximate surface area is 190 Å². The molecule has 0 aliphatic carbocycles. The normalized spacial score (nSPS) is 18.4. The van der Waals surface area contributed by atoms with Gasteiger partial charge in [0.25, 0.3) is 5.91 Å². The fraction of sp³-hybridized carbons (Fsp3) is 0.462. The van der Waals surface area contributed by atoms with Crippen LogP contribution in [0.25, 0.3) is 0 Å². The van der Waals surface area contributed by atoms with E-state index in [1.807, 2.05) is 30.9 Å².